The van der Waals surface area contributed by atoms with E-state index < -0.39 is 17.5 Å². The molecule has 1 aromatic rings. The molecule has 1 rings (SSSR count). The maximum absolute atomic E-state index is 13.4. The Bertz CT molecular complexity index is 452. The molecule has 4 nitrogen and oxygen atoms in total. The maximum atomic E-state index is 13.4. The Balaban J connectivity index is 2.27. The van der Waals surface area contributed by atoms with Crippen molar-refractivity contribution in [3.8, 4) is 5.75 Å². The third-order valence-corrected chi connectivity index (χ3v) is 2.09. The van der Waals surface area contributed by atoms with Crippen molar-refractivity contribution in [1.29, 1.82) is 0 Å². The molecule has 0 fully saturated rings. The van der Waals surface area contributed by atoms with E-state index in [2.05, 4.69) is 5.32 Å². The molecule has 0 aliphatic heterocycles. The van der Waals surface area contributed by atoms with Crippen molar-refractivity contribution in [3.63, 3.8) is 0 Å². The van der Waals surface area contributed by atoms with Gasteiger partial charge in [0.05, 0.1) is 0 Å². The van der Waals surface area contributed by atoms with Crippen LogP contribution in [0.15, 0.2) is 42.2 Å². The molecule has 1 amide bonds. The minimum absolute atomic E-state index is 0.0545. The molecule has 0 aromatic heterocycles. The number of para-hydroxylation sites is 1. The summed E-state index contributed by atoms with van der Waals surface area (Å²) in [4.78, 5) is 11.3. The molecule has 1 N–H and O–H groups in total. The fourth-order valence-electron chi connectivity index (χ4n) is 1.29. The molecule has 0 bridgehead atoms. The average Bonchev–Trinajstić information content (AvgIpc) is 2.35. The number of amides is 1. The van der Waals surface area contributed by atoms with Gasteiger partial charge in [0.15, 0.2) is 0 Å². The Morgan fingerprint density at radius 2 is 1.95 bits per heavy atom. The number of alkyl carbamates (subject to hydrolysis) is 1. The first-order valence-corrected chi connectivity index (χ1v) is 6.36. The van der Waals surface area contributed by atoms with Gasteiger partial charge in [0, 0.05) is 6.54 Å². The van der Waals surface area contributed by atoms with Crippen LogP contribution in [-0.2, 0) is 4.74 Å². The Labute approximate surface area is 118 Å². The van der Waals surface area contributed by atoms with E-state index in [0.717, 1.165) is 0 Å². The first-order valence-electron chi connectivity index (χ1n) is 6.36. The van der Waals surface area contributed by atoms with E-state index in [1.807, 2.05) is 6.07 Å². The van der Waals surface area contributed by atoms with Crippen LogP contribution in [0.4, 0.5) is 9.18 Å². The smallest absolute Gasteiger partial charge is 0.407 e. The number of hydrogen-bond acceptors (Lipinski definition) is 3. The van der Waals surface area contributed by atoms with Crippen molar-refractivity contribution in [2.75, 3.05) is 13.2 Å². The van der Waals surface area contributed by atoms with Gasteiger partial charge in [0.25, 0.3) is 0 Å². The molecule has 0 atom stereocenters. The van der Waals surface area contributed by atoms with Gasteiger partial charge in [-0.15, -0.1) is 0 Å². The number of nitrogens with one attached hydrogen (secondary N) is 1. The fraction of sp³-hybridized carbons (Fsp3) is 0.400. The molecule has 0 spiro atoms. The van der Waals surface area contributed by atoms with Crippen molar-refractivity contribution in [1.82, 2.24) is 5.32 Å². The number of rotatable bonds is 5. The van der Waals surface area contributed by atoms with E-state index in [0.29, 0.717) is 5.75 Å². The number of benzene rings is 1. The van der Waals surface area contributed by atoms with E-state index in [4.69, 9.17) is 9.47 Å². The number of hydrogen-bond donors (Lipinski definition) is 1. The number of ether oxygens (including phenoxy) is 2. The van der Waals surface area contributed by atoms with Crippen LogP contribution >= 0.6 is 0 Å². The van der Waals surface area contributed by atoms with Crippen LogP contribution < -0.4 is 10.1 Å². The minimum atomic E-state index is -0.578. The summed E-state index contributed by atoms with van der Waals surface area (Å²) in [5.74, 6) is 0.140. The van der Waals surface area contributed by atoms with Gasteiger partial charge in [-0.2, -0.15) is 0 Å². The van der Waals surface area contributed by atoms with Crippen molar-refractivity contribution in [3.05, 3.63) is 42.2 Å². The lowest BCUT2D eigenvalue weighted by atomic mass is 10.2. The van der Waals surface area contributed by atoms with Crippen LogP contribution in [0.1, 0.15) is 20.8 Å². The standard InChI is InChI=1S/C15H20FNO3/c1-15(2,3)20-14(18)17-10-9-12(16)11-19-13-7-5-4-6-8-13/h4-9H,10-11H2,1-3H3,(H,17,18)/b12-9-. The molecular formula is C15H20FNO3. The predicted molar refractivity (Wildman–Crippen MR) is 75.4 cm³/mol. The lowest BCUT2D eigenvalue weighted by Gasteiger charge is -2.19. The van der Waals surface area contributed by atoms with E-state index in [9.17, 15) is 9.18 Å². The van der Waals surface area contributed by atoms with Crippen LogP contribution in [0.3, 0.4) is 0 Å². The SMILES string of the molecule is CC(C)(C)OC(=O)NC/C=C(\F)COc1ccccc1. The molecule has 0 aliphatic carbocycles. The van der Waals surface area contributed by atoms with Crippen molar-refractivity contribution < 1.29 is 18.7 Å². The fourth-order valence-corrected chi connectivity index (χ4v) is 1.29. The zero-order valence-corrected chi connectivity index (χ0v) is 12.0. The second-order valence-electron chi connectivity index (χ2n) is 5.14. The molecule has 0 unspecified atom stereocenters. The van der Waals surface area contributed by atoms with Crippen LogP contribution in [0.5, 0.6) is 5.75 Å². The number of carbonyl (C=O) groups is 1. The third-order valence-electron chi connectivity index (χ3n) is 2.09. The monoisotopic (exact) mass is 281 g/mol. The summed E-state index contributed by atoms with van der Waals surface area (Å²) < 4.78 is 23.7. The van der Waals surface area contributed by atoms with E-state index in [1.54, 1.807) is 45.0 Å². The molecule has 0 saturated heterocycles. The van der Waals surface area contributed by atoms with Gasteiger partial charge in [0.1, 0.15) is 23.8 Å². The normalized spacial score (nSPS) is 11.9. The van der Waals surface area contributed by atoms with E-state index in [1.165, 1.54) is 6.08 Å². The Morgan fingerprint density at radius 3 is 2.55 bits per heavy atom. The van der Waals surface area contributed by atoms with Gasteiger partial charge < -0.3 is 14.8 Å². The Kier molecular flexibility index (Phi) is 6.03. The van der Waals surface area contributed by atoms with Gasteiger partial charge in [-0.3, -0.25) is 0 Å². The van der Waals surface area contributed by atoms with Crippen LogP contribution in [-0.4, -0.2) is 24.8 Å². The highest BCUT2D eigenvalue weighted by atomic mass is 19.1. The summed E-state index contributed by atoms with van der Waals surface area (Å²) in [7, 11) is 0. The average molecular weight is 281 g/mol. The quantitative estimate of drug-likeness (QED) is 0.899. The maximum Gasteiger partial charge on any atom is 0.407 e. The molecule has 110 valence electrons. The predicted octanol–water partition coefficient (Wildman–Crippen LogP) is 3.44. The Hall–Kier alpha value is -2.04. The van der Waals surface area contributed by atoms with Gasteiger partial charge in [-0.25, -0.2) is 9.18 Å². The summed E-state index contributed by atoms with van der Waals surface area (Å²) in [6.07, 6.45) is 0.665. The lowest BCUT2D eigenvalue weighted by Crippen LogP contribution is -2.32. The molecule has 20 heavy (non-hydrogen) atoms. The van der Waals surface area contributed by atoms with Gasteiger partial charge >= 0.3 is 6.09 Å². The third kappa shape index (κ3) is 7.41. The Morgan fingerprint density at radius 1 is 1.30 bits per heavy atom. The topological polar surface area (TPSA) is 47.6 Å². The second-order valence-corrected chi connectivity index (χ2v) is 5.14. The summed E-state index contributed by atoms with van der Waals surface area (Å²) in [6.45, 7) is 5.17. The molecular weight excluding hydrogens is 261 g/mol. The van der Waals surface area contributed by atoms with E-state index in [-0.39, 0.29) is 13.2 Å². The zero-order valence-electron chi connectivity index (χ0n) is 12.0. The van der Waals surface area contributed by atoms with Gasteiger partial charge in [-0.1, -0.05) is 18.2 Å². The molecule has 0 heterocycles. The molecule has 0 saturated carbocycles. The second kappa shape index (κ2) is 7.53. The highest BCUT2D eigenvalue weighted by molar-refractivity contribution is 5.67. The first kappa shape index (κ1) is 16.0. The van der Waals surface area contributed by atoms with Gasteiger partial charge in [-0.05, 0) is 39.0 Å². The van der Waals surface area contributed by atoms with Crippen molar-refractivity contribution in [2.45, 2.75) is 26.4 Å². The number of halogens is 1. The summed E-state index contributed by atoms with van der Waals surface area (Å²) >= 11 is 0. The van der Waals surface area contributed by atoms with E-state index >= 15 is 0 Å². The van der Waals surface area contributed by atoms with Crippen molar-refractivity contribution >= 4 is 6.09 Å². The molecule has 1 aromatic carbocycles. The molecule has 0 radical (unpaired) electrons. The lowest BCUT2D eigenvalue weighted by molar-refractivity contribution is 0.0534. The summed E-state index contributed by atoms with van der Waals surface area (Å²) in [6, 6.07) is 8.95. The zero-order chi connectivity index (χ0) is 15.0. The first-order chi connectivity index (χ1) is 9.37. The van der Waals surface area contributed by atoms with Gasteiger partial charge in [0.2, 0.25) is 0 Å². The van der Waals surface area contributed by atoms with Crippen LogP contribution in [0.25, 0.3) is 0 Å². The molecule has 5 heteroatoms. The largest absolute Gasteiger partial charge is 0.487 e. The highest BCUT2D eigenvalue weighted by Crippen LogP contribution is 2.10. The summed E-state index contributed by atoms with van der Waals surface area (Å²) in [5.41, 5.74) is -0.567. The molecule has 0 aliphatic rings. The van der Waals surface area contributed by atoms with Crippen LogP contribution in [0.2, 0.25) is 0 Å². The highest BCUT2D eigenvalue weighted by Gasteiger charge is 2.15. The summed E-state index contributed by atoms with van der Waals surface area (Å²) in [5, 5.41) is 2.44. The van der Waals surface area contributed by atoms with Crippen molar-refractivity contribution in [2.24, 2.45) is 0 Å². The van der Waals surface area contributed by atoms with Crippen LogP contribution in [0, 0.1) is 0 Å². The number of carbonyl (C=O) groups excluding carboxylic acids is 1. The minimum Gasteiger partial charge on any atom is -0.487 e.